The minimum Gasteiger partial charge on any atom is -0.486 e. The molecule has 0 spiro atoms. The van der Waals surface area contributed by atoms with Crippen LogP contribution in [0.2, 0.25) is 0 Å². The highest BCUT2D eigenvalue weighted by Gasteiger charge is 2.31. The zero-order valence-corrected chi connectivity index (χ0v) is 19.4. The molecule has 32 heavy (non-hydrogen) atoms. The molecule has 1 amide bonds. The molecule has 2 aliphatic rings. The van der Waals surface area contributed by atoms with Crippen LogP contribution < -0.4 is 14.8 Å². The number of aryl methyl sites for hydroxylation is 1. The molecule has 7 nitrogen and oxygen atoms in total. The number of nitrogens with one attached hydrogen (secondary N) is 1. The predicted octanol–water partition coefficient (Wildman–Crippen LogP) is 4.82. The van der Waals surface area contributed by atoms with Gasteiger partial charge in [0.25, 0.3) is 0 Å². The number of thioether (sulfide) groups is 1. The van der Waals surface area contributed by atoms with Crippen molar-refractivity contribution in [2.75, 3.05) is 30.8 Å². The monoisotopic (exact) mass is 468 g/mol. The lowest BCUT2D eigenvalue weighted by atomic mass is 10.0. The van der Waals surface area contributed by atoms with Gasteiger partial charge in [0.05, 0.1) is 11.8 Å². The molecule has 2 aromatic carbocycles. The SMILES string of the molecule is Cc1cccc(Nc2nnc(SCC(=O)N3CCC[C@H]3c3ccc4c(c3)OCCO4)s2)c1. The summed E-state index contributed by atoms with van der Waals surface area (Å²) in [5.41, 5.74) is 3.26. The van der Waals surface area contributed by atoms with Crippen molar-refractivity contribution in [3.05, 3.63) is 53.6 Å². The fourth-order valence-corrected chi connectivity index (χ4v) is 5.71. The molecule has 5 rings (SSSR count). The predicted molar refractivity (Wildman–Crippen MR) is 126 cm³/mol. The average Bonchev–Trinajstić information content (AvgIpc) is 3.47. The highest BCUT2D eigenvalue weighted by molar-refractivity contribution is 8.01. The molecule has 0 aliphatic carbocycles. The van der Waals surface area contributed by atoms with Crippen LogP contribution in [-0.4, -0.2) is 46.5 Å². The van der Waals surface area contributed by atoms with Gasteiger partial charge < -0.3 is 19.7 Å². The van der Waals surface area contributed by atoms with Gasteiger partial charge in [0.15, 0.2) is 15.8 Å². The van der Waals surface area contributed by atoms with E-state index in [4.69, 9.17) is 9.47 Å². The van der Waals surface area contributed by atoms with Gasteiger partial charge in [-0.05, 0) is 55.2 Å². The molecular weight excluding hydrogens is 444 g/mol. The summed E-state index contributed by atoms with van der Waals surface area (Å²) in [4.78, 5) is 15.0. The van der Waals surface area contributed by atoms with Crippen molar-refractivity contribution in [3.8, 4) is 11.5 Å². The van der Waals surface area contributed by atoms with Gasteiger partial charge in [-0.15, -0.1) is 10.2 Å². The van der Waals surface area contributed by atoms with Crippen LogP contribution in [0.4, 0.5) is 10.8 Å². The molecule has 0 radical (unpaired) electrons. The third kappa shape index (κ3) is 4.68. The first-order valence-corrected chi connectivity index (χ1v) is 12.4. The quantitative estimate of drug-likeness (QED) is 0.520. The summed E-state index contributed by atoms with van der Waals surface area (Å²) >= 11 is 2.90. The van der Waals surface area contributed by atoms with Gasteiger partial charge in [0.2, 0.25) is 11.0 Å². The van der Waals surface area contributed by atoms with E-state index in [1.165, 1.54) is 28.7 Å². The number of likely N-dealkylation sites (tertiary alicyclic amines) is 1. The fraction of sp³-hybridized carbons (Fsp3) is 0.348. The number of anilines is 2. The normalized spacial score (nSPS) is 17.4. The van der Waals surface area contributed by atoms with Gasteiger partial charge in [-0.3, -0.25) is 4.79 Å². The third-order valence-corrected chi connectivity index (χ3v) is 7.48. The first-order chi connectivity index (χ1) is 15.7. The number of benzene rings is 2. The van der Waals surface area contributed by atoms with Crippen molar-refractivity contribution in [3.63, 3.8) is 0 Å². The molecule has 3 heterocycles. The number of amides is 1. The second-order valence-corrected chi connectivity index (χ2v) is 10.0. The second-order valence-electron chi connectivity index (χ2n) is 7.80. The maximum atomic E-state index is 13.0. The van der Waals surface area contributed by atoms with E-state index in [0.717, 1.165) is 51.6 Å². The Kier molecular flexibility index (Phi) is 6.18. The lowest BCUT2D eigenvalue weighted by Crippen LogP contribution is -2.32. The maximum absolute atomic E-state index is 13.0. The van der Waals surface area contributed by atoms with E-state index < -0.39 is 0 Å². The number of carbonyl (C=O) groups excluding carboxylic acids is 1. The van der Waals surface area contributed by atoms with E-state index >= 15 is 0 Å². The number of carbonyl (C=O) groups is 1. The topological polar surface area (TPSA) is 76.6 Å². The molecule has 1 aromatic heterocycles. The van der Waals surface area contributed by atoms with Crippen molar-refractivity contribution >= 4 is 39.8 Å². The Morgan fingerprint density at radius 1 is 1.19 bits per heavy atom. The summed E-state index contributed by atoms with van der Waals surface area (Å²) in [6.45, 7) is 3.96. The number of hydrogen-bond acceptors (Lipinski definition) is 8. The summed E-state index contributed by atoms with van der Waals surface area (Å²) in [5, 5.41) is 12.4. The van der Waals surface area contributed by atoms with Crippen molar-refractivity contribution in [2.45, 2.75) is 30.1 Å². The molecule has 0 saturated carbocycles. The third-order valence-electron chi connectivity index (χ3n) is 5.52. The molecule has 1 atom stereocenters. The molecule has 0 bridgehead atoms. The van der Waals surface area contributed by atoms with Gasteiger partial charge in [0.1, 0.15) is 13.2 Å². The lowest BCUT2D eigenvalue weighted by molar-refractivity contribution is -0.129. The summed E-state index contributed by atoms with van der Waals surface area (Å²) in [5.74, 6) is 2.01. The Labute approximate surface area is 195 Å². The standard InChI is InChI=1S/C23H24N4O3S2/c1-15-4-2-5-17(12-15)24-22-25-26-23(32-22)31-14-21(28)27-9-3-6-18(27)16-7-8-19-20(13-16)30-11-10-29-19/h2,4-5,7-8,12-13,18H,3,6,9-11,14H2,1H3,(H,24,25)/t18-/m0/s1. The highest BCUT2D eigenvalue weighted by atomic mass is 32.2. The number of aromatic nitrogens is 2. The van der Waals surface area contributed by atoms with Gasteiger partial charge >= 0.3 is 0 Å². The number of ether oxygens (including phenoxy) is 2. The van der Waals surface area contributed by atoms with Crippen LogP contribution in [0.15, 0.2) is 46.8 Å². The van der Waals surface area contributed by atoms with Crippen molar-refractivity contribution in [1.82, 2.24) is 15.1 Å². The van der Waals surface area contributed by atoms with E-state index in [0.29, 0.717) is 19.0 Å². The van der Waals surface area contributed by atoms with Crippen LogP contribution in [0.1, 0.15) is 30.0 Å². The largest absolute Gasteiger partial charge is 0.486 e. The highest BCUT2D eigenvalue weighted by Crippen LogP contribution is 2.38. The number of rotatable bonds is 6. The van der Waals surface area contributed by atoms with E-state index in [2.05, 4.69) is 34.6 Å². The maximum Gasteiger partial charge on any atom is 0.233 e. The zero-order chi connectivity index (χ0) is 21.9. The molecule has 3 aromatic rings. The number of hydrogen-bond donors (Lipinski definition) is 1. The summed E-state index contributed by atoms with van der Waals surface area (Å²) < 4.78 is 12.1. The van der Waals surface area contributed by atoms with Crippen molar-refractivity contribution in [2.24, 2.45) is 0 Å². The summed E-state index contributed by atoms with van der Waals surface area (Å²) in [6, 6.07) is 14.2. The van der Waals surface area contributed by atoms with Crippen LogP contribution in [0.3, 0.4) is 0 Å². The fourth-order valence-electron chi connectivity index (χ4n) is 4.05. The molecule has 1 saturated heterocycles. The minimum atomic E-state index is 0.0758. The first kappa shape index (κ1) is 21.1. The second kappa shape index (κ2) is 9.38. The lowest BCUT2D eigenvalue weighted by Gasteiger charge is -2.26. The first-order valence-electron chi connectivity index (χ1n) is 10.6. The van der Waals surface area contributed by atoms with Gasteiger partial charge in [-0.1, -0.05) is 41.3 Å². The van der Waals surface area contributed by atoms with Crippen molar-refractivity contribution in [1.29, 1.82) is 0 Å². The van der Waals surface area contributed by atoms with Crippen LogP contribution in [0.5, 0.6) is 11.5 Å². The smallest absolute Gasteiger partial charge is 0.233 e. The number of nitrogens with zero attached hydrogens (tertiary/aromatic N) is 3. The molecule has 1 fully saturated rings. The average molecular weight is 469 g/mol. The van der Waals surface area contributed by atoms with E-state index in [1.54, 1.807) is 0 Å². The molecule has 2 aliphatic heterocycles. The van der Waals surface area contributed by atoms with Gasteiger partial charge in [0, 0.05) is 12.2 Å². The van der Waals surface area contributed by atoms with Crippen LogP contribution in [-0.2, 0) is 4.79 Å². The number of fused-ring (bicyclic) bond motifs is 1. The van der Waals surface area contributed by atoms with E-state index in [9.17, 15) is 4.79 Å². The Bertz CT molecular complexity index is 1120. The Balaban J connectivity index is 1.20. The van der Waals surface area contributed by atoms with Crippen LogP contribution in [0, 0.1) is 6.92 Å². The van der Waals surface area contributed by atoms with Gasteiger partial charge in [-0.25, -0.2) is 0 Å². The van der Waals surface area contributed by atoms with E-state index in [-0.39, 0.29) is 11.9 Å². The van der Waals surface area contributed by atoms with Crippen molar-refractivity contribution < 1.29 is 14.3 Å². The van der Waals surface area contributed by atoms with Crippen LogP contribution >= 0.6 is 23.1 Å². The minimum absolute atomic E-state index is 0.0758. The molecular formula is C23H24N4O3S2. The molecule has 0 unspecified atom stereocenters. The Hall–Kier alpha value is -2.78. The summed E-state index contributed by atoms with van der Waals surface area (Å²) in [6.07, 6.45) is 1.96. The Morgan fingerprint density at radius 3 is 2.94 bits per heavy atom. The van der Waals surface area contributed by atoms with E-state index in [1.807, 2.05) is 35.2 Å². The molecule has 9 heteroatoms. The Morgan fingerprint density at radius 2 is 2.06 bits per heavy atom. The molecule has 166 valence electrons. The van der Waals surface area contributed by atoms with Crippen LogP contribution in [0.25, 0.3) is 0 Å². The zero-order valence-electron chi connectivity index (χ0n) is 17.7. The molecule has 1 N–H and O–H groups in total. The van der Waals surface area contributed by atoms with Gasteiger partial charge in [-0.2, -0.15) is 0 Å². The summed E-state index contributed by atoms with van der Waals surface area (Å²) in [7, 11) is 0.